The topological polar surface area (TPSA) is 102 Å². The third-order valence-electron chi connectivity index (χ3n) is 6.62. The molecule has 0 saturated carbocycles. The average Bonchev–Trinajstić information content (AvgIpc) is 3.56. The number of hydrogen-bond acceptors (Lipinski definition) is 7. The molecule has 1 aliphatic rings. The van der Waals surface area contributed by atoms with E-state index in [9.17, 15) is 9.59 Å². The van der Waals surface area contributed by atoms with E-state index in [0.717, 1.165) is 22.0 Å². The molecule has 0 spiro atoms. The van der Waals surface area contributed by atoms with Crippen molar-refractivity contribution in [1.82, 2.24) is 30.2 Å². The number of esters is 1. The zero-order chi connectivity index (χ0) is 25.8. The van der Waals surface area contributed by atoms with Crippen LogP contribution in [0, 0.1) is 0 Å². The number of methoxy groups -OCH3 is 1. The van der Waals surface area contributed by atoms with Crippen molar-refractivity contribution in [2.24, 2.45) is 0 Å². The lowest BCUT2D eigenvalue weighted by Crippen LogP contribution is -2.43. The number of aromatic nitrogens is 4. The molecule has 9 nitrogen and oxygen atoms in total. The highest BCUT2D eigenvalue weighted by Crippen LogP contribution is 2.29. The molecule has 1 fully saturated rings. The minimum atomic E-state index is -0.541. The number of nitrogens with zero attached hydrogens (tertiary/aromatic N) is 5. The summed E-state index contributed by atoms with van der Waals surface area (Å²) < 4.78 is 6.41. The summed E-state index contributed by atoms with van der Waals surface area (Å²) in [6, 6.07) is 17.3. The lowest BCUT2D eigenvalue weighted by Gasteiger charge is -2.23. The lowest BCUT2D eigenvalue weighted by molar-refractivity contribution is -0.125. The number of benzene rings is 2. The maximum atomic E-state index is 13.3. The molecular weight excluding hydrogens is 492 g/mol. The van der Waals surface area contributed by atoms with Crippen LogP contribution in [0.4, 0.5) is 0 Å². The zero-order valence-electron chi connectivity index (χ0n) is 20.4. The van der Waals surface area contributed by atoms with Gasteiger partial charge >= 0.3 is 5.97 Å². The molecule has 5 rings (SSSR count). The van der Waals surface area contributed by atoms with E-state index >= 15 is 0 Å². The number of nitrogens with one attached hydrogen (secondary N) is 1. The molecule has 4 aromatic rings. The molecule has 1 amide bonds. The molecule has 2 atom stereocenters. The predicted octanol–water partition coefficient (Wildman–Crippen LogP) is 3.44. The second-order valence-electron chi connectivity index (χ2n) is 9.11. The number of carbonyl (C=O) groups excluding carboxylic acids is 2. The Morgan fingerprint density at radius 2 is 2.03 bits per heavy atom. The van der Waals surface area contributed by atoms with E-state index in [0.29, 0.717) is 37.5 Å². The van der Waals surface area contributed by atoms with Gasteiger partial charge in [-0.25, -0.2) is 9.48 Å². The van der Waals surface area contributed by atoms with Crippen molar-refractivity contribution in [3.63, 3.8) is 0 Å². The molecule has 0 bridgehead atoms. The van der Waals surface area contributed by atoms with Crippen molar-refractivity contribution in [3.8, 4) is 0 Å². The molecule has 0 radical (unpaired) electrons. The first-order valence-corrected chi connectivity index (χ1v) is 12.5. The molecular formula is C27H27ClN6O3. The van der Waals surface area contributed by atoms with Crippen molar-refractivity contribution in [2.45, 2.75) is 31.5 Å². The zero-order valence-corrected chi connectivity index (χ0v) is 21.1. The van der Waals surface area contributed by atoms with Gasteiger partial charge in [-0.1, -0.05) is 41.1 Å². The van der Waals surface area contributed by atoms with E-state index in [1.807, 2.05) is 48.5 Å². The van der Waals surface area contributed by atoms with Crippen molar-refractivity contribution in [1.29, 1.82) is 0 Å². The molecule has 0 unspecified atom stereocenters. The standard InChI is InChI=1S/C27H27ClN6O3/c1-37-27(36)24-17-34(32-31-24)22-14-25(26(35)30-11-9-18-4-2-6-21(28)13-18)33(16-22)15-19-7-8-23-20(12-19)5-3-10-29-23/h2-8,10,12-13,17,22,25H,9,11,14-16H2,1H3,(H,30,35)/t22-,25+/m1/s1. The van der Waals surface area contributed by atoms with Gasteiger partial charge in [0.15, 0.2) is 5.69 Å². The minimum Gasteiger partial charge on any atom is -0.464 e. The summed E-state index contributed by atoms with van der Waals surface area (Å²) in [6.45, 7) is 1.68. The van der Waals surface area contributed by atoms with Crippen LogP contribution in [0.3, 0.4) is 0 Å². The number of hydrogen-bond donors (Lipinski definition) is 1. The van der Waals surface area contributed by atoms with Gasteiger partial charge < -0.3 is 10.1 Å². The monoisotopic (exact) mass is 518 g/mol. The summed E-state index contributed by atoms with van der Waals surface area (Å²) in [6.07, 6.45) is 4.58. The van der Waals surface area contributed by atoms with Gasteiger partial charge in [-0.3, -0.25) is 14.7 Å². The van der Waals surface area contributed by atoms with Gasteiger partial charge in [0.2, 0.25) is 5.91 Å². The summed E-state index contributed by atoms with van der Waals surface area (Å²) in [5.74, 6) is -0.582. The van der Waals surface area contributed by atoms with Crippen molar-refractivity contribution in [3.05, 3.63) is 88.8 Å². The third-order valence-corrected chi connectivity index (χ3v) is 6.85. The van der Waals surface area contributed by atoms with Gasteiger partial charge in [0.1, 0.15) is 0 Å². The summed E-state index contributed by atoms with van der Waals surface area (Å²) in [5, 5.41) is 12.9. The number of rotatable bonds is 8. The van der Waals surface area contributed by atoms with E-state index in [4.69, 9.17) is 16.3 Å². The van der Waals surface area contributed by atoms with E-state index in [2.05, 4.69) is 31.6 Å². The highest BCUT2D eigenvalue weighted by atomic mass is 35.5. The van der Waals surface area contributed by atoms with Gasteiger partial charge in [0, 0.05) is 36.2 Å². The number of ether oxygens (including phenoxy) is 1. The molecule has 10 heteroatoms. The highest BCUT2D eigenvalue weighted by Gasteiger charge is 2.38. The number of fused-ring (bicyclic) bond motifs is 1. The highest BCUT2D eigenvalue weighted by molar-refractivity contribution is 6.30. The number of amides is 1. The van der Waals surface area contributed by atoms with Crippen LogP contribution in [-0.4, -0.2) is 63.0 Å². The Labute approximate surface area is 219 Å². The van der Waals surface area contributed by atoms with E-state index in [1.165, 1.54) is 7.11 Å². The maximum Gasteiger partial charge on any atom is 0.360 e. The summed E-state index contributed by atoms with van der Waals surface area (Å²) in [7, 11) is 1.31. The molecule has 2 aromatic carbocycles. The van der Waals surface area contributed by atoms with Gasteiger partial charge in [0.05, 0.1) is 30.9 Å². The second-order valence-corrected chi connectivity index (χ2v) is 9.55. The Bertz CT molecular complexity index is 1420. The fourth-order valence-electron chi connectivity index (χ4n) is 4.77. The maximum absolute atomic E-state index is 13.3. The largest absolute Gasteiger partial charge is 0.464 e. The number of pyridine rings is 1. The van der Waals surface area contributed by atoms with Gasteiger partial charge in [-0.2, -0.15) is 0 Å². The molecule has 2 aromatic heterocycles. The van der Waals surface area contributed by atoms with Crippen LogP contribution in [0.25, 0.3) is 10.9 Å². The fourth-order valence-corrected chi connectivity index (χ4v) is 4.98. The lowest BCUT2D eigenvalue weighted by atomic mass is 10.1. The van der Waals surface area contributed by atoms with Crippen LogP contribution < -0.4 is 5.32 Å². The minimum absolute atomic E-state index is 0.0414. The van der Waals surface area contributed by atoms with Crippen LogP contribution in [0.1, 0.15) is 34.1 Å². The Kier molecular flexibility index (Phi) is 7.43. The number of carbonyl (C=O) groups is 2. The molecule has 0 aliphatic carbocycles. The Balaban J connectivity index is 1.32. The van der Waals surface area contributed by atoms with Crippen molar-refractivity contribution < 1.29 is 14.3 Å². The van der Waals surface area contributed by atoms with Crippen LogP contribution in [0.15, 0.2) is 67.0 Å². The molecule has 3 heterocycles. The summed E-state index contributed by atoms with van der Waals surface area (Å²) in [4.78, 5) is 31.7. The van der Waals surface area contributed by atoms with E-state index < -0.39 is 5.97 Å². The average molecular weight is 519 g/mol. The normalized spacial score (nSPS) is 17.7. The van der Waals surface area contributed by atoms with E-state index in [1.54, 1.807) is 17.1 Å². The number of likely N-dealkylation sites (tertiary alicyclic amines) is 1. The molecule has 1 N–H and O–H groups in total. The van der Waals surface area contributed by atoms with E-state index in [-0.39, 0.29) is 23.7 Å². The third kappa shape index (κ3) is 5.79. The first-order valence-electron chi connectivity index (χ1n) is 12.1. The van der Waals surface area contributed by atoms with Crippen LogP contribution in [-0.2, 0) is 22.5 Å². The Morgan fingerprint density at radius 3 is 2.86 bits per heavy atom. The molecule has 1 aliphatic heterocycles. The summed E-state index contributed by atoms with van der Waals surface area (Å²) in [5.41, 5.74) is 3.23. The molecule has 37 heavy (non-hydrogen) atoms. The van der Waals surface area contributed by atoms with Crippen molar-refractivity contribution in [2.75, 3.05) is 20.2 Å². The Hall–Kier alpha value is -3.82. The quantitative estimate of drug-likeness (QED) is 0.356. The Morgan fingerprint density at radius 1 is 1.14 bits per heavy atom. The van der Waals surface area contributed by atoms with Crippen LogP contribution >= 0.6 is 11.6 Å². The first-order chi connectivity index (χ1) is 18.0. The molecule has 1 saturated heterocycles. The smallest absolute Gasteiger partial charge is 0.360 e. The fraction of sp³-hybridized carbons (Fsp3) is 0.296. The first kappa shape index (κ1) is 24.9. The second kappa shape index (κ2) is 11.1. The van der Waals surface area contributed by atoms with Gasteiger partial charge in [-0.05, 0) is 54.3 Å². The van der Waals surface area contributed by atoms with Gasteiger partial charge in [-0.15, -0.1) is 5.10 Å². The summed E-state index contributed by atoms with van der Waals surface area (Å²) >= 11 is 6.09. The number of halogens is 1. The molecule has 190 valence electrons. The SMILES string of the molecule is COC(=O)c1cn([C@@H]2C[C@@H](C(=O)NCCc3cccc(Cl)c3)N(Cc3ccc4ncccc4c3)C2)nn1. The predicted molar refractivity (Wildman–Crippen MR) is 139 cm³/mol. The van der Waals surface area contributed by atoms with Crippen LogP contribution in [0.2, 0.25) is 5.02 Å². The van der Waals surface area contributed by atoms with Crippen LogP contribution in [0.5, 0.6) is 0 Å². The van der Waals surface area contributed by atoms with Crippen molar-refractivity contribution >= 4 is 34.4 Å². The van der Waals surface area contributed by atoms with Gasteiger partial charge in [0.25, 0.3) is 0 Å².